The summed E-state index contributed by atoms with van der Waals surface area (Å²) in [6.45, 7) is 3.12. The number of nitrogens with one attached hydrogen (secondary N) is 1. The number of aromatic nitrogens is 2. The molecule has 7 nitrogen and oxygen atoms in total. The van der Waals surface area contributed by atoms with Gasteiger partial charge < -0.3 is 10.1 Å². The molecule has 1 saturated carbocycles. The number of hydrogen-bond acceptors (Lipinski definition) is 6. The highest BCUT2D eigenvalue weighted by molar-refractivity contribution is 8.45. The molecule has 35 heavy (non-hydrogen) atoms. The molecule has 1 N–H and O–H groups in total. The topological polar surface area (TPSA) is 104 Å². The lowest BCUT2D eigenvalue weighted by Crippen LogP contribution is -2.27. The van der Waals surface area contributed by atoms with Crippen molar-refractivity contribution >= 4 is 45.2 Å². The van der Waals surface area contributed by atoms with Crippen LogP contribution in [-0.4, -0.2) is 29.4 Å². The summed E-state index contributed by atoms with van der Waals surface area (Å²) in [5.41, 5.74) is -2.89. The summed E-state index contributed by atoms with van der Waals surface area (Å²) < 4.78 is 72.5. The monoisotopic (exact) mass is 557 g/mol. The number of halogens is 7. The summed E-state index contributed by atoms with van der Waals surface area (Å²) in [6, 6.07) is 3.92. The van der Waals surface area contributed by atoms with Crippen molar-refractivity contribution in [2.24, 2.45) is 5.41 Å². The zero-order valence-electron chi connectivity index (χ0n) is 18.4. The third-order valence-electron chi connectivity index (χ3n) is 5.44. The van der Waals surface area contributed by atoms with Crippen molar-refractivity contribution in [3.05, 3.63) is 33.4 Å². The molecule has 1 aliphatic carbocycles. The van der Waals surface area contributed by atoms with Crippen molar-refractivity contribution < 1.29 is 29.0 Å². The maximum atomic E-state index is 13.4. The molecule has 0 unspecified atom stereocenters. The van der Waals surface area contributed by atoms with Crippen molar-refractivity contribution in [3.8, 4) is 17.8 Å². The molecule has 0 saturated heterocycles. The zero-order valence-corrected chi connectivity index (χ0v) is 20.8. The fraction of sp³-hybridized carbons (Fsp3) is 0.400. The Labute approximate surface area is 207 Å². The van der Waals surface area contributed by atoms with E-state index in [-0.39, 0.29) is 48.6 Å². The van der Waals surface area contributed by atoms with Crippen LogP contribution in [0.5, 0.6) is 0 Å². The minimum Gasteiger partial charge on any atom is -0.468 e. The van der Waals surface area contributed by atoms with E-state index in [1.54, 1.807) is 13.8 Å². The van der Waals surface area contributed by atoms with Crippen LogP contribution in [-0.2, 0) is 14.9 Å². The number of rotatable bonds is 7. The molecular weight excluding hydrogens is 540 g/mol. The summed E-state index contributed by atoms with van der Waals surface area (Å²) in [6.07, 6.45) is 0.558. The van der Waals surface area contributed by atoms with E-state index in [9.17, 15) is 34.7 Å². The minimum atomic E-state index is -10.1. The molecule has 190 valence electrons. The normalized spacial score (nSPS) is 16.9. The second-order valence-electron chi connectivity index (χ2n) is 8.72. The van der Waals surface area contributed by atoms with E-state index in [1.807, 2.05) is 12.1 Å². The van der Waals surface area contributed by atoms with E-state index >= 15 is 0 Å². The van der Waals surface area contributed by atoms with Gasteiger partial charge in [0.2, 0.25) is 0 Å². The predicted molar refractivity (Wildman–Crippen MR) is 121 cm³/mol. The van der Waals surface area contributed by atoms with E-state index < -0.39 is 47.7 Å². The Hall–Kier alpha value is -2.74. The highest BCUT2D eigenvalue weighted by Gasteiger charge is 2.66. The number of methoxy groups -OCH3 is 1. The van der Waals surface area contributed by atoms with Crippen LogP contribution in [0.15, 0.2) is 17.0 Å². The van der Waals surface area contributed by atoms with Crippen molar-refractivity contribution in [3.63, 3.8) is 0 Å². The second-order valence-corrected chi connectivity index (χ2v) is 11.9. The number of ether oxygens (including phenoxy) is 1. The van der Waals surface area contributed by atoms with E-state index in [0.717, 1.165) is 11.8 Å². The first kappa shape index (κ1) is 26.9. The Kier molecular flexibility index (Phi) is 5.85. The number of anilines is 1. The average Bonchev–Trinajstić information content (AvgIpc) is 3.45. The second kappa shape index (κ2) is 7.63. The Morgan fingerprint density at radius 1 is 1.23 bits per heavy atom. The summed E-state index contributed by atoms with van der Waals surface area (Å²) in [7, 11) is -8.97. The molecule has 1 aliphatic rings. The number of hydrogen-bond donors (Lipinski definition) is 1. The smallest absolute Gasteiger partial charge is 0.316 e. The van der Waals surface area contributed by atoms with Crippen molar-refractivity contribution in [2.75, 3.05) is 19.0 Å². The van der Waals surface area contributed by atoms with Gasteiger partial charge in [-0.15, -0.1) is 0 Å². The van der Waals surface area contributed by atoms with Crippen LogP contribution in [0.3, 0.4) is 0 Å². The van der Waals surface area contributed by atoms with Crippen LogP contribution in [0.1, 0.15) is 37.9 Å². The quantitative estimate of drug-likeness (QED) is 0.294. The van der Waals surface area contributed by atoms with Gasteiger partial charge in [-0.2, -0.15) is 15.6 Å². The molecule has 1 aromatic heterocycles. The Bertz CT molecular complexity index is 1300. The van der Waals surface area contributed by atoms with Crippen molar-refractivity contribution in [1.82, 2.24) is 9.78 Å². The van der Waals surface area contributed by atoms with Gasteiger partial charge in [0.15, 0.2) is 5.69 Å². The van der Waals surface area contributed by atoms with Gasteiger partial charge >= 0.3 is 16.2 Å². The van der Waals surface area contributed by atoms with Crippen molar-refractivity contribution in [2.45, 2.75) is 37.0 Å². The van der Waals surface area contributed by atoms with Crippen LogP contribution in [0.2, 0.25) is 10.0 Å². The molecule has 1 heterocycles. The van der Waals surface area contributed by atoms with Gasteiger partial charge in [-0.1, -0.05) is 42.6 Å². The molecule has 1 fully saturated rings. The molecule has 0 radical (unpaired) electrons. The van der Waals surface area contributed by atoms with E-state index in [1.165, 1.54) is 0 Å². The van der Waals surface area contributed by atoms with E-state index in [4.69, 9.17) is 27.9 Å². The largest absolute Gasteiger partial charge is 0.468 e. The number of carbonyl (C=O) groups excluding carboxylic acids is 1. The zero-order chi connectivity index (χ0) is 26.7. The van der Waals surface area contributed by atoms with Crippen LogP contribution in [0, 0.1) is 28.1 Å². The lowest BCUT2D eigenvalue weighted by atomic mass is 9.93. The number of esters is 1. The third-order valence-corrected chi connectivity index (χ3v) is 7.15. The lowest BCUT2D eigenvalue weighted by molar-refractivity contribution is -0.143. The SMILES string of the molecule is COC(=O)C1(c2c(C#N)nn(-c3c(Cl)cc(S(F)(F)(F)(F)F)cc3Cl)c2NCC(C)(C)C#N)CC1. The van der Waals surface area contributed by atoms with E-state index in [2.05, 4.69) is 10.4 Å². The van der Waals surface area contributed by atoms with Gasteiger partial charge in [0.25, 0.3) is 0 Å². The Morgan fingerprint density at radius 3 is 2.17 bits per heavy atom. The molecule has 0 bridgehead atoms. The molecule has 0 amide bonds. The molecule has 0 aliphatic heterocycles. The average molecular weight is 558 g/mol. The highest BCUT2D eigenvalue weighted by Crippen LogP contribution is 3.02. The van der Waals surface area contributed by atoms with Gasteiger partial charge in [-0.25, -0.2) is 4.68 Å². The summed E-state index contributed by atoms with van der Waals surface area (Å²) in [4.78, 5) is 10.3. The first-order chi connectivity index (χ1) is 15.8. The maximum absolute atomic E-state index is 13.4. The number of nitriles is 2. The number of carbonyl (C=O) groups is 1. The van der Waals surface area contributed by atoms with E-state index in [0.29, 0.717) is 0 Å². The fourth-order valence-electron chi connectivity index (χ4n) is 3.46. The summed E-state index contributed by atoms with van der Waals surface area (Å²) in [5.74, 6) is -0.735. The van der Waals surface area contributed by atoms with Crippen LogP contribution in [0.25, 0.3) is 5.69 Å². The Balaban J connectivity index is 2.32. The number of nitrogens with zero attached hydrogens (tertiary/aromatic N) is 4. The van der Waals surface area contributed by atoms with Crippen LogP contribution < -0.4 is 5.32 Å². The summed E-state index contributed by atoms with van der Waals surface area (Å²) in [5, 5.41) is 24.4. The maximum Gasteiger partial charge on any atom is 0.316 e. The van der Waals surface area contributed by atoms with Crippen LogP contribution in [0.4, 0.5) is 25.2 Å². The molecule has 15 heteroatoms. The lowest BCUT2D eigenvalue weighted by Gasteiger charge is -2.40. The minimum absolute atomic E-state index is 0.0217. The summed E-state index contributed by atoms with van der Waals surface area (Å²) >= 11 is 12.0. The molecular formula is C20H18Cl2F5N5O2S. The standard InChI is InChI=1S/C20H18Cl2F5N5O2S/c1-19(2,9-29)10-30-17-15(20(4-5-20)18(33)34-3)14(8-28)31-32(17)16-12(21)6-11(7-13(16)22)35(23,24,25,26)27/h6-7,30H,4-5,10H2,1-3H3. The first-order valence-electron chi connectivity index (χ1n) is 9.81. The molecule has 0 atom stereocenters. The van der Waals surface area contributed by atoms with Gasteiger partial charge in [0.1, 0.15) is 22.5 Å². The van der Waals surface area contributed by atoms with Gasteiger partial charge in [-0.05, 0) is 38.8 Å². The molecule has 0 spiro atoms. The molecule has 3 rings (SSSR count). The van der Waals surface area contributed by atoms with Gasteiger partial charge in [0.05, 0.1) is 39.6 Å². The number of benzene rings is 1. The van der Waals surface area contributed by atoms with Gasteiger partial charge in [0, 0.05) is 6.54 Å². The third kappa shape index (κ3) is 4.99. The fourth-order valence-corrected chi connectivity index (χ4v) is 4.92. The van der Waals surface area contributed by atoms with Gasteiger partial charge in [-0.3, -0.25) is 4.79 Å². The predicted octanol–water partition coefficient (Wildman–Crippen LogP) is 6.87. The molecule has 1 aromatic carbocycles. The van der Waals surface area contributed by atoms with Crippen molar-refractivity contribution in [1.29, 1.82) is 10.5 Å². The Morgan fingerprint density at radius 2 is 1.77 bits per heavy atom. The first-order valence-corrected chi connectivity index (χ1v) is 12.5. The highest BCUT2D eigenvalue weighted by atomic mass is 35.5. The molecule has 2 aromatic rings. The van der Waals surface area contributed by atoms with Crippen LogP contribution >= 0.6 is 33.4 Å².